The first-order chi connectivity index (χ1) is 8.22. The molecule has 0 aliphatic heterocycles. The third-order valence-electron chi connectivity index (χ3n) is 2.93. The van der Waals surface area contributed by atoms with Gasteiger partial charge in [-0.1, -0.05) is 6.07 Å². The summed E-state index contributed by atoms with van der Waals surface area (Å²) in [6.07, 6.45) is 0. The van der Waals surface area contributed by atoms with E-state index in [2.05, 4.69) is 36.9 Å². The molecule has 0 aliphatic carbocycles. The normalized spacial score (nSPS) is 10.6. The van der Waals surface area contributed by atoms with Gasteiger partial charge in [0.05, 0.1) is 6.61 Å². The van der Waals surface area contributed by atoms with Gasteiger partial charge in [-0.05, 0) is 44.0 Å². The van der Waals surface area contributed by atoms with Crippen LogP contribution in [0.4, 0.5) is 5.69 Å². The number of ether oxygens (including phenoxy) is 1. The molecule has 3 heteroatoms. The first kappa shape index (κ1) is 14.3. The minimum atomic E-state index is 0.581. The molecule has 2 nitrogen and oxygen atoms in total. The predicted molar refractivity (Wildman–Crippen MR) is 75.1 cm³/mol. The molecular weight excluding hydrogens is 234 g/mol. The lowest BCUT2D eigenvalue weighted by molar-refractivity contribution is 0.154. The van der Waals surface area contributed by atoms with E-state index in [4.69, 9.17) is 16.3 Å². The van der Waals surface area contributed by atoms with Gasteiger partial charge in [0.1, 0.15) is 0 Å². The largest absolute Gasteiger partial charge is 0.380 e. The van der Waals surface area contributed by atoms with E-state index >= 15 is 0 Å². The van der Waals surface area contributed by atoms with Gasteiger partial charge in [-0.15, -0.1) is 11.6 Å². The Bertz CT molecular complexity index is 341. The van der Waals surface area contributed by atoms with Crippen LogP contribution in [0.25, 0.3) is 0 Å². The fraction of sp³-hybridized carbons (Fsp3) is 0.571. The smallest absolute Gasteiger partial charge is 0.0641 e. The number of anilines is 1. The Morgan fingerprint density at radius 2 is 2.06 bits per heavy atom. The molecule has 0 aromatic heterocycles. The lowest BCUT2D eigenvalue weighted by Gasteiger charge is -2.23. The molecule has 0 spiro atoms. The molecule has 96 valence electrons. The minimum Gasteiger partial charge on any atom is -0.380 e. The van der Waals surface area contributed by atoms with E-state index in [9.17, 15) is 0 Å². The van der Waals surface area contributed by atoms with Crippen LogP contribution in [0.15, 0.2) is 18.2 Å². The summed E-state index contributed by atoms with van der Waals surface area (Å²) < 4.78 is 5.40. The first-order valence-corrected chi connectivity index (χ1v) is 6.74. The highest BCUT2D eigenvalue weighted by Crippen LogP contribution is 2.20. The second-order valence-electron chi connectivity index (χ2n) is 4.02. The molecule has 1 aromatic carbocycles. The molecule has 0 amide bonds. The highest BCUT2D eigenvalue weighted by Gasteiger charge is 2.06. The van der Waals surface area contributed by atoms with Crippen molar-refractivity contribution >= 4 is 17.3 Å². The van der Waals surface area contributed by atoms with Crippen molar-refractivity contribution in [3.8, 4) is 0 Å². The Kier molecular flexibility index (Phi) is 6.38. The van der Waals surface area contributed by atoms with Gasteiger partial charge in [0.15, 0.2) is 0 Å². The van der Waals surface area contributed by atoms with Crippen LogP contribution in [-0.2, 0) is 10.6 Å². The Morgan fingerprint density at radius 1 is 1.29 bits per heavy atom. The topological polar surface area (TPSA) is 12.5 Å². The van der Waals surface area contributed by atoms with Gasteiger partial charge in [-0.2, -0.15) is 0 Å². The summed E-state index contributed by atoms with van der Waals surface area (Å²) >= 11 is 5.87. The number of hydrogen-bond donors (Lipinski definition) is 0. The van der Waals surface area contributed by atoms with Crippen LogP contribution >= 0.6 is 11.6 Å². The molecule has 0 fully saturated rings. The first-order valence-electron chi connectivity index (χ1n) is 6.21. The van der Waals surface area contributed by atoms with Gasteiger partial charge in [0.25, 0.3) is 0 Å². The monoisotopic (exact) mass is 255 g/mol. The molecule has 0 radical (unpaired) electrons. The maximum atomic E-state index is 5.87. The Morgan fingerprint density at radius 3 is 2.59 bits per heavy atom. The second kappa shape index (κ2) is 7.57. The van der Waals surface area contributed by atoms with Crippen LogP contribution in [0.1, 0.15) is 25.0 Å². The van der Waals surface area contributed by atoms with Gasteiger partial charge >= 0.3 is 0 Å². The van der Waals surface area contributed by atoms with Crippen molar-refractivity contribution in [3.05, 3.63) is 29.3 Å². The van der Waals surface area contributed by atoms with Gasteiger partial charge in [0, 0.05) is 31.3 Å². The van der Waals surface area contributed by atoms with Crippen molar-refractivity contribution in [2.24, 2.45) is 0 Å². The number of hydrogen-bond acceptors (Lipinski definition) is 2. The number of aryl methyl sites for hydroxylation is 1. The molecule has 0 N–H and O–H groups in total. The summed E-state index contributed by atoms with van der Waals surface area (Å²) in [5.74, 6) is 0.581. The number of nitrogens with zero attached hydrogens (tertiary/aromatic N) is 1. The van der Waals surface area contributed by atoms with Crippen molar-refractivity contribution < 1.29 is 4.74 Å². The average molecular weight is 256 g/mol. The fourth-order valence-corrected chi connectivity index (χ4v) is 2.12. The van der Waals surface area contributed by atoms with E-state index in [1.54, 1.807) is 0 Å². The summed E-state index contributed by atoms with van der Waals surface area (Å²) in [5.41, 5.74) is 3.71. The summed E-state index contributed by atoms with van der Waals surface area (Å²) in [7, 11) is 0. The maximum Gasteiger partial charge on any atom is 0.0641 e. The van der Waals surface area contributed by atoms with Crippen LogP contribution in [0.2, 0.25) is 0 Å². The average Bonchev–Trinajstić information content (AvgIpc) is 2.35. The molecule has 0 saturated carbocycles. The highest BCUT2D eigenvalue weighted by atomic mass is 35.5. The molecule has 17 heavy (non-hydrogen) atoms. The Labute approximate surface area is 110 Å². The summed E-state index contributed by atoms with van der Waals surface area (Å²) in [6, 6.07) is 6.45. The van der Waals surface area contributed by atoms with Crippen LogP contribution in [0.5, 0.6) is 0 Å². The lowest BCUT2D eigenvalue weighted by Crippen LogP contribution is -2.27. The van der Waals surface area contributed by atoms with Gasteiger partial charge < -0.3 is 9.64 Å². The SMILES string of the molecule is CCOCCN(CC)c1ccc(CCl)c(C)c1. The molecule has 0 unspecified atom stereocenters. The lowest BCUT2D eigenvalue weighted by atomic mass is 10.1. The maximum absolute atomic E-state index is 5.87. The van der Waals surface area contributed by atoms with Gasteiger partial charge in [-0.25, -0.2) is 0 Å². The van der Waals surface area contributed by atoms with E-state index in [1.807, 2.05) is 6.92 Å². The zero-order chi connectivity index (χ0) is 12.7. The molecular formula is C14H22ClNO. The fourth-order valence-electron chi connectivity index (χ4n) is 1.82. The third-order valence-corrected chi connectivity index (χ3v) is 3.21. The van der Waals surface area contributed by atoms with E-state index in [0.29, 0.717) is 5.88 Å². The van der Waals surface area contributed by atoms with Gasteiger partial charge in [-0.3, -0.25) is 0 Å². The molecule has 0 saturated heterocycles. The molecule has 0 heterocycles. The van der Waals surface area contributed by atoms with Gasteiger partial charge in [0.2, 0.25) is 0 Å². The molecule has 0 bridgehead atoms. The summed E-state index contributed by atoms with van der Waals surface area (Å²) in [6.45, 7) is 9.78. The van der Waals surface area contributed by atoms with E-state index in [1.165, 1.54) is 16.8 Å². The highest BCUT2D eigenvalue weighted by molar-refractivity contribution is 6.17. The van der Waals surface area contributed by atoms with E-state index in [0.717, 1.165) is 26.3 Å². The Balaban J connectivity index is 2.71. The number of halogens is 1. The van der Waals surface area contributed by atoms with Crippen LogP contribution < -0.4 is 4.90 Å². The van der Waals surface area contributed by atoms with Crippen molar-refractivity contribution in [2.75, 3.05) is 31.2 Å². The number of rotatable bonds is 7. The number of alkyl halides is 1. The van der Waals surface area contributed by atoms with Crippen LogP contribution in [-0.4, -0.2) is 26.3 Å². The minimum absolute atomic E-state index is 0.581. The summed E-state index contributed by atoms with van der Waals surface area (Å²) in [4.78, 5) is 2.32. The molecule has 0 atom stereocenters. The molecule has 0 aliphatic rings. The number of likely N-dealkylation sites (N-methyl/N-ethyl adjacent to an activating group) is 1. The second-order valence-corrected chi connectivity index (χ2v) is 4.29. The van der Waals surface area contributed by atoms with Crippen molar-refractivity contribution in [3.63, 3.8) is 0 Å². The molecule has 1 rings (SSSR count). The van der Waals surface area contributed by atoms with E-state index in [-0.39, 0.29) is 0 Å². The van der Waals surface area contributed by atoms with Crippen molar-refractivity contribution in [1.29, 1.82) is 0 Å². The number of benzene rings is 1. The predicted octanol–water partition coefficient (Wildman–Crippen LogP) is 3.60. The standard InChI is InChI=1S/C14H22ClNO/c1-4-16(8-9-17-5-2)14-7-6-13(11-15)12(3)10-14/h6-7,10H,4-5,8-9,11H2,1-3H3. The zero-order valence-corrected chi connectivity index (χ0v) is 11.8. The van der Waals surface area contributed by atoms with Crippen LogP contribution in [0.3, 0.4) is 0 Å². The third kappa shape index (κ3) is 4.21. The van der Waals surface area contributed by atoms with E-state index < -0.39 is 0 Å². The quantitative estimate of drug-likeness (QED) is 0.545. The van der Waals surface area contributed by atoms with Crippen molar-refractivity contribution in [2.45, 2.75) is 26.7 Å². The van der Waals surface area contributed by atoms with Crippen molar-refractivity contribution in [1.82, 2.24) is 0 Å². The van der Waals surface area contributed by atoms with Crippen LogP contribution in [0, 0.1) is 6.92 Å². The molecule has 1 aromatic rings. The zero-order valence-electron chi connectivity index (χ0n) is 11.0. The summed E-state index contributed by atoms with van der Waals surface area (Å²) in [5, 5.41) is 0. The Hall–Kier alpha value is -0.730.